The van der Waals surface area contributed by atoms with E-state index in [9.17, 15) is 9.59 Å². The van der Waals surface area contributed by atoms with Gasteiger partial charge in [0.05, 0.1) is 25.1 Å². The van der Waals surface area contributed by atoms with Crippen LogP contribution in [0.1, 0.15) is 62.5 Å². The molecule has 3 heterocycles. The lowest BCUT2D eigenvalue weighted by Gasteiger charge is -2.41. The number of ether oxygens (including phenoxy) is 3. The summed E-state index contributed by atoms with van der Waals surface area (Å²) in [6.07, 6.45) is 8.94. The Kier molecular flexibility index (Phi) is 11.7. The third kappa shape index (κ3) is 8.79. The number of nitrogens with zero attached hydrogens (tertiary/aromatic N) is 4. The Bertz CT molecular complexity index is 1510. The summed E-state index contributed by atoms with van der Waals surface area (Å²) in [5.41, 5.74) is 9.47. The molecule has 254 valence electrons. The first-order valence-corrected chi connectivity index (χ1v) is 17.3. The van der Waals surface area contributed by atoms with Gasteiger partial charge in [0.25, 0.3) is 0 Å². The molecule has 0 radical (unpaired) electrons. The van der Waals surface area contributed by atoms with Crippen molar-refractivity contribution in [1.82, 2.24) is 14.8 Å². The second-order valence-electron chi connectivity index (χ2n) is 13.1. The highest BCUT2D eigenvalue weighted by Crippen LogP contribution is 2.35. The number of fused-ring (bicyclic) bond motifs is 1. The van der Waals surface area contributed by atoms with Crippen molar-refractivity contribution < 1.29 is 23.8 Å². The molecule has 0 bridgehead atoms. The number of nitrogens with two attached hydrogens (primary N) is 1. The van der Waals surface area contributed by atoms with Crippen molar-refractivity contribution in [2.24, 2.45) is 22.6 Å². The Morgan fingerprint density at radius 3 is 2.48 bits per heavy atom. The fraction of sp³-hybridized carbons (Fsp3) is 0.474. The highest BCUT2D eigenvalue weighted by atomic mass is 16.5. The number of para-hydroxylation sites is 1. The second-order valence-corrected chi connectivity index (χ2v) is 13.1. The summed E-state index contributed by atoms with van der Waals surface area (Å²) in [5, 5.41) is 0. The van der Waals surface area contributed by atoms with Gasteiger partial charge in [0.1, 0.15) is 12.0 Å². The molecule has 1 saturated heterocycles. The van der Waals surface area contributed by atoms with E-state index < -0.39 is 0 Å². The van der Waals surface area contributed by atoms with E-state index >= 15 is 0 Å². The van der Waals surface area contributed by atoms with Crippen LogP contribution >= 0.6 is 0 Å². The number of aldehydes is 1. The summed E-state index contributed by atoms with van der Waals surface area (Å²) in [6, 6.07) is 21.7. The number of amides is 1. The monoisotopic (exact) mass is 653 g/mol. The number of hydrogen-bond acceptors (Lipinski definition) is 9. The topological polar surface area (TPSA) is 120 Å². The minimum atomic E-state index is 0.0170. The first-order valence-electron chi connectivity index (χ1n) is 17.3. The lowest BCUT2D eigenvalue weighted by molar-refractivity contribution is -0.136. The molecule has 3 aliphatic rings. The first kappa shape index (κ1) is 33.6. The van der Waals surface area contributed by atoms with Crippen LogP contribution in [0.3, 0.4) is 0 Å². The lowest BCUT2D eigenvalue weighted by Crippen LogP contribution is -2.50. The molecule has 1 atom stereocenters. The number of aromatic nitrogens is 1. The summed E-state index contributed by atoms with van der Waals surface area (Å²) in [7, 11) is 0. The summed E-state index contributed by atoms with van der Waals surface area (Å²) in [4.78, 5) is 39.0. The molecule has 1 saturated carbocycles. The summed E-state index contributed by atoms with van der Waals surface area (Å²) in [5.74, 6) is 2.19. The highest BCUT2D eigenvalue weighted by Gasteiger charge is 2.35. The number of guanidine groups is 1. The van der Waals surface area contributed by atoms with Gasteiger partial charge in [0.15, 0.2) is 5.96 Å². The van der Waals surface area contributed by atoms with Crippen LogP contribution in [0.2, 0.25) is 0 Å². The van der Waals surface area contributed by atoms with Gasteiger partial charge < -0.3 is 34.5 Å². The van der Waals surface area contributed by atoms with Crippen LogP contribution in [0.4, 0.5) is 5.69 Å². The fourth-order valence-corrected chi connectivity index (χ4v) is 7.25. The first-order chi connectivity index (χ1) is 23.6. The van der Waals surface area contributed by atoms with E-state index in [1.807, 2.05) is 71.6 Å². The molecule has 1 aliphatic carbocycles. The molecule has 0 unspecified atom stereocenters. The summed E-state index contributed by atoms with van der Waals surface area (Å²) >= 11 is 0. The van der Waals surface area contributed by atoms with Gasteiger partial charge in [-0.15, -0.1) is 0 Å². The molecular weight excluding hydrogens is 606 g/mol. The Balaban J connectivity index is 1.15. The summed E-state index contributed by atoms with van der Waals surface area (Å²) in [6.45, 7) is 3.45. The smallest absolute Gasteiger partial charge is 0.222 e. The zero-order valence-corrected chi connectivity index (χ0v) is 27.6. The van der Waals surface area contributed by atoms with Crippen LogP contribution in [0, 0.1) is 11.8 Å². The van der Waals surface area contributed by atoms with Crippen molar-refractivity contribution in [3.05, 3.63) is 84.1 Å². The number of pyridine rings is 1. The van der Waals surface area contributed by atoms with E-state index in [0.717, 1.165) is 61.6 Å². The number of benzene rings is 2. The van der Waals surface area contributed by atoms with Gasteiger partial charge in [-0.1, -0.05) is 48.5 Å². The van der Waals surface area contributed by atoms with Crippen molar-refractivity contribution in [1.29, 1.82) is 0 Å². The van der Waals surface area contributed by atoms with E-state index in [2.05, 4.69) is 9.88 Å². The summed E-state index contributed by atoms with van der Waals surface area (Å²) < 4.78 is 17.8. The molecule has 1 amide bonds. The van der Waals surface area contributed by atoms with Crippen LogP contribution in [0.15, 0.2) is 77.9 Å². The third-order valence-electron chi connectivity index (χ3n) is 9.92. The molecule has 2 N–H and O–H groups in total. The van der Waals surface area contributed by atoms with E-state index in [4.69, 9.17) is 24.9 Å². The Morgan fingerprint density at radius 2 is 1.75 bits per heavy atom. The average Bonchev–Trinajstić information content (AvgIpc) is 3.13. The number of carbonyl (C=O) groups is 2. The third-order valence-corrected chi connectivity index (χ3v) is 9.92. The van der Waals surface area contributed by atoms with Crippen molar-refractivity contribution in [2.45, 2.75) is 76.6 Å². The number of carbonyl (C=O) groups excluding carboxylic acids is 2. The fourth-order valence-electron chi connectivity index (χ4n) is 7.25. The largest absolute Gasteiger partial charge is 0.439 e. The minimum absolute atomic E-state index is 0.0170. The molecule has 3 aromatic rings. The van der Waals surface area contributed by atoms with Gasteiger partial charge in [-0.05, 0) is 68.6 Å². The average molecular weight is 654 g/mol. The van der Waals surface area contributed by atoms with Crippen molar-refractivity contribution in [2.75, 3.05) is 26.4 Å². The highest BCUT2D eigenvalue weighted by molar-refractivity contribution is 5.84. The van der Waals surface area contributed by atoms with Crippen LogP contribution in [-0.2, 0) is 32.2 Å². The van der Waals surface area contributed by atoms with Crippen LogP contribution in [0.25, 0.3) is 0 Å². The van der Waals surface area contributed by atoms with Gasteiger partial charge >= 0.3 is 0 Å². The van der Waals surface area contributed by atoms with Gasteiger partial charge in [-0.2, -0.15) is 0 Å². The zero-order chi connectivity index (χ0) is 33.1. The standard InChI is InChI=1S/C38H47N5O5/c39-38-41-34-24-40-36(48-33-9-5-2-6-10-33)23-31(34)25-43(38)35(30-17-20-46-21-18-30)15-16-37(45)42(32-13-11-28(26-44)12-14-32)19-22-47-27-29-7-3-1-4-8-29/h1-10,23-24,26,28,30,32,35H,11-22,25,27H2,(H2,39,41)/t28?,32?,35-/m0/s1. The zero-order valence-electron chi connectivity index (χ0n) is 27.6. The number of aliphatic imine (C=N–C) groups is 1. The maximum Gasteiger partial charge on any atom is 0.222 e. The van der Waals surface area contributed by atoms with Crippen molar-refractivity contribution in [3.8, 4) is 11.6 Å². The number of rotatable bonds is 14. The predicted molar refractivity (Wildman–Crippen MR) is 184 cm³/mol. The molecule has 2 aliphatic heterocycles. The SMILES string of the molecule is NC1=Nc2cnc(Oc3ccccc3)cc2CN1[C@@H](CCC(=O)N(CCOCc1ccccc1)C1CCC(C=O)CC1)C1CCOCC1. The van der Waals surface area contributed by atoms with E-state index in [1.54, 1.807) is 6.20 Å². The lowest BCUT2D eigenvalue weighted by atomic mass is 9.85. The molecule has 2 fully saturated rings. The van der Waals surface area contributed by atoms with E-state index in [1.165, 1.54) is 0 Å². The van der Waals surface area contributed by atoms with Crippen LogP contribution in [-0.4, -0.2) is 71.4 Å². The second kappa shape index (κ2) is 16.7. The Hall–Kier alpha value is -4.28. The molecular formula is C38H47N5O5. The molecule has 2 aromatic carbocycles. The number of hydrogen-bond donors (Lipinski definition) is 1. The maximum atomic E-state index is 14.1. The Morgan fingerprint density at radius 1 is 1.02 bits per heavy atom. The van der Waals surface area contributed by atoms with E-state index in [0.29, 0.717) is 75.9 Å². The van der Waals surface area contributed by atoms with Crippen LogP contribution in [0.5, 0.6) is 11.6 Å². The predicted octanol–water partition coefficient (Wildman–Crippen LogP) is 6.01. The van der Waals surface area contributed by atoms with E-state index in [-0.39, 0.29) is 23.9 Å². The molecule has 1 aromatic heterocycles. The van der Waals surface area contributed by atoms with Crippen LogP contribution < -0.4 is 10.5 Å². The van der Waals surface area contributed by atoms with Crippen molar-refractivity contribution >= 4 is 23.8 Å². The van der Waals surface area contributed by atoms with Gasteiger partial charge in [-0.3, -0.25) is 4.79 Å². The minimum Gasteiger partial charge on any atom is -0.439 e. The molecule has 0 spiro atoms. The normalized spacial score (nSPS) is 20.3. The van der Waals surface area contributed by atoms with Gasteiger partial charge in [-0.25, -0.2) is 9.98 Å². The quantitative estimate of drug-likeness (QED) is 0.166. The van der Waals surface area contributed by atoms with Gasteiger partial charge in [0.2, 0.25) is 11.8 Å². The maximum absolute atomic E-state index is 14.1. The molecule has 10 heteroatoms. The molecule has 48 heavy (non-hydrogen) atoms. The van der Waals surface area contributed by atoms with Crippen molar-refractivity contribution in [3.63, 3.8) is 0 Å². The Labute approximate surface area is 283 Å². The van der Waals surface area contributed by atoms with Gasteiger partial charge in [0, 0.05) is 62.4 Å². The molecule has 6 rings (SSSR count). The molecule has 10 nitrogen and oxygen atoms in total.